The number of nitrogens with zero attached hydrogens (tertiary/aromatic N) is 2. The molecule has 0 aliphatic heterocycles. The number of hydrogen-bond acceptors (Lipinski definition) is 3. The van der Waals surface area contributed by atoms with E-state index in [0.717, 1.165) is 12.1 Å². The van der Waals surface area contributed by atoms with Crippen molar-refractivity contribution in [2.45, 2.75) is 13.3 Å². The quantitative estimate of drug-likeness (QED) is 0.889. The van der Waals surface area contributed by atoms with Crippen LogP contribution in [0.25, 0.3) is 5.69 Å². The van der Waals surface area contributed by atoms with Gasteiger partial charge in [-0.15, -0.1) is 5.10 Å². The van der Waals surface area contributed by atoms with E-state index in [-0.39, 0.29) is 16.7 Å². The van der Waals surface area contributed by atoms with Crippen molar-refractivity contribution >= 4 is 23.4 Å². The summed E-state index contributed by atoms with van der Waals surface area (Å²) in [5, 5.41) is 6.95. The minimum Gasteiger partial charge on any atom is -0.476 e. The second-order valence-corrected chi connectivity index (χ2v) is 4.43. The first-order chi connectivity index (χ1) is 9.63. The normalized spacial score (nSPS) is 10.3. The van der Waals surface area contributed by atoms with Gasteiger partial charge < -0.3 is 10.5 Å². The van der Waals surface area contributed by atoms with E-state index in [9.17, 15) is 4.79 Å². The molecule has 2 amide bonds. The second kappa shape index (κ2) is 6.29. The molecular formula is C13H15ClN4O2. The van der Waals surface area contributed by atoms with Gasteiger partial charge in [-0.25, -0.2) is 9.48 Å². The number of ether oxygens (including phenoxy) is 1. The Morgan fingerprint density at radius 3 is 2.75 bits per heavy atom. The summed E-state index contributed by atoms with van der Waals surface area (Å²) in [7, 11) is 0. The number of benzene rings is 1. The number of carbonyl (C=O) groups excluding carboxylic acids is 1. The number of nitrogens with two attached hydrogens (primary N) is 1. The van der Waals surface area contributed by atoms with E-state index in [4.69, 9.17) is 22.1 Å². The van der Waals surface area contributed by atoms with Crippen LogP contribution in [-0.4, -0.2) is 22.4 Å². The summed E-state index contributed by atoms with van der Waals surface area (Å²) >= 11 is 6.18. The van der Waals surface area contributed by atoms with Gasteiger partial charge in [0.25, 0.3) is 5.88 Å². The highest BCUT2D eigenvalue weighted by atomic mass is 35.5. The zero-order valence-corrected chi connectivity index (χ0v) is 11.7. The summed E-state index contributed by atoms with van der Waals surface area (Å²) in [5.41, 5.74) is 5.90. The fourth-order valence-electron chi connectivity index (χ4n) is 1.65. The maximum absolute atomic E-state index is 11.1. The third-order valence-electron chi connectivity index (χ3n) is 2.48. The van der Waals surface area contributed by atoms with Crippen LogP contribution in [0.1, 0.15) is 13.3 Å². The fourth-order valence-corrected chi connectivity index (χ4v) is 1.87. The third-order valence-corrected chi connectivity index (χ3v) is 2.82. The summed E-state index contributed by atoms with van der Waals surface area (Å²) in [6, 6.07) is 8.53. The molecule has 6 nitrogen and oxygen atoms in total. The van der Waals surface area contributed by atoms with Crippen molar-refractivity contribution in [1.29, 1.82) is 0 Å². The number of hydrogen-bond donors (Lipinski definition) is 2. The molecule has 0 saturated heterocycles. The topological polar surface area (TPSA) is 82.2 Å². The van der Waals surface area contributed by atoms with Gasteiger partial charge in [0, 0.05) is 0 Å². The molecule has 0 aliphatic rings. The fraction of sp³-hybridized carbons (Fsp3) is 0.231. The predicted molar refractivity (Wildman–Crippen MR) is 77.6 cm³/mol. The van der Waals surface area contributed by atoms with Crippen molar-refractivity contribution in [3.63, 3.8) is 0 Å². The van der Waals surface area contributed by atoms with Gasteiger partial charge in [-0.05, 0) is 18.6 Å². The zero-order valence-electron chi connectivity index (χ0n) is 11.0. The largest absolute Gasteiger partial charge is 0.476 e. The van der Waals surface area contributed by atoms with Crippen molar-refractivity contribution < 1.29 is 9.53 Å². The molecule has 0 atom stereocenters. The van der Waals surface area contributed by atoms with E-state index in [1.54, 1.807) is 0 Å². The number of rotatable bonds is 5. The highest BCUT2D eigenvalue weighted by molar-refractivity contribution is 6.34. The minimum absolute atomic E-state index is 0.223. The number of amides is 2. The van der Waals surface area contributed by atoms with Gasteiger partial charge in [-0.2, -0.15) is 0 Å². The van der Waals surface area contributed by atoms with Crippen LogP contribution in [0.2, 0.25) is 5.02 Å². The molecule has 7 heteroatoms. The lowest BCUT2D eigenvalue weighted by Crippen LogP contribution is -2.21. The first-order valence-corrected chi connectivity index (χ1v) is 6.54. The molecule has 1 heterocycles. The lowest BCUT2D eigenvalue weighted by molar-refractivity contribution is 0.259. The number of primary amides is 1. The molecule has 0 bridgehead atoms. The summed E-state index contributed by atoms with van der Waals surface area (Å²) < 4.78 is 6.94. The van der Waals surface area contributed by atoms with Gasteiger partial charge in [0.2, 0.25) is 0 Å². The molecule has 0 radical (unpaired) electrons. The van der Waals surface area contributed by atoms with Gasteiger partial charge in [0.15, 0.2) is 5.82 Å². The Balaban J connectivity index is 2.45. The highest BCUT2D eigenvalue weighted by Gasteiger charge is 2.19. The highest BCUT2D eigenvalue weighted by Crippen LogP contribution is 2.33. The smallest absolute Gasteiger partial charge is 0.317 e. The van der Waals surface area contributed by atoms with Gasteiger partial charge in [0.1, 0.15) is 5.02 Å². The number of urea groups is 1. The van der Waals surface area contributed by atoms with Gasteiger partial charge in [-0.1, -0.05) is 36.7 Å². The minimum atomic E-state index is -0.717. The number of nitrogens with one attached hydrogen (secondary N) is 1. The summed E-state index contributed by atoms with van der Waals surface area (Å²) in [6.45, 7) is 2.46. The lowest BCUT2D eigenvalue weighted by Gasteiger charge is -2.06. The van der Waals surface area contributed by atoms with Crippen molar-refractivity contribution in [3.8, 4) is 11.6 Å². The van der Waals surface area contributed by atoms with E-state index >= 15 is 0 Å². The average molecular weight is 295 g/mol. The Labute approximate surface area is 121 Å². The second-order valence-electron chi connectivity index (χ2n) is 4.05. The molecule has 0 spiro atoms. The zero-order chi connectivity index (χ0) is 14.5. The van der Waals surface area contributed by atoms with E-state index in [1.807, 2.05) is 37.3 Å². The van der Waals surface area contributed by atoms with Crippen LogP contribution in [-0.2, 0) is 0 Å². The standard InChI is InChI=1S/C13H15ClN4O2/c1-2-8-20-12-10(14)11(16-13(15)19)18(17-12)9-6-4-3-5-7-9/h3-7H,2,8H2,1H3,(H3,15,16,19). The third kappa shape index (κ3) is 3.03. The number of halogens is 1. The van der Waals surface area contributed by atoms with Gasteiger partial charge in [0.05, 0.1) is 12.3 Å². The van der Waals surface area contributed by atoms with E-state index in [1.165, 1.54) is 4.68 Å². The Morgan fingerprint density at radius 2 is 2.15 bits per heavy atom. The number of aromatic nitrogens is 2. The van der Waals surface area contributed by atoms with Crippen LogP contribution in [0.15, 0.2) is 30.3 Å². The van der Waals surface area contributed by atoms with Crippen LogP contribution >= 0.6 is 11.6 Å². The molecule has 20 heavy (non-hydrogen) atoms. The first-order valence-electron chi connectivity index (χ1n) is 6.16. The molecule has 3 N–H and O–H groups in total. The lowest BCUT2D eigenvalue weighted by atomic mass is 10.3. The Hall–Kier alpha value is -2.21. The van der Waals surface area contributed by atoms with Crippen molar-refractivity contribution in [1.82, 2.24) is 9.78 Å². The molecular weight excluding hydrogens is 280 g/mol. The summed E-state index contributed by atoms with van der Waals surface area (Å²) in [6.07, 6.45) is 0.826. The molecule has 0 unspecified atom stereocenters. The predicted octanol–water partition coefficient (Wildman–Crippen LogP) is 2.81. The molecule has 0 saturated carbocycles. The Bertz CT molecular complexity index is 598. The molecule has 2 rings (SSSR count). The van der Waals surface area contributed by atoms with Gasteiger partial charge >= 0.3 is 6.03 Å². The molecule has 0 fully saturated rings. The number of carbonyl (C=O) groups is 1. The Morgan fingerprint density at radius 1 is 1.45 bits per heavy atom. The first kappa shape index (κ1) is 14.2. The average Bonchev–Trinajstić information content (AvgIpc) is 2.74. The monoisotopic (exact) mass is 294 g/mol. The number of anilines is 1. The molecule has 106 valence electrons. The van der Waals surface area contributed by atoms with E-state index < -0.39 is 6.03 Å². The SMILES string of the molecule is CCCOc1nn(-c2ccccc2)c(NC(N)=O)c1Cl. The maximum atomic E-state index is 11.1. The van der Waals surface area contributed by atoms with E-state index in [2.05, 4.69) is 10.4 Å². The molecule has 1 aromatic carbocycles. The van der Waals surface area contributed by atoms with Crippen molar-refractivity contribution in [3.05, 3.63) is 35.4 Å². The molecule has 0 aliphatic carbocycles. The number of para-hydroxylation sites is 1. The van der Waals surface area contributed by atoms with E-state index in [0.29, 0.717) is 6.61 Å². The van der Waals surface area contributed by atoms with Crippen molar-refractivity contribution in [2.24, 2.45) is 5.73 Å². The summed E-state index contributed by atoms with van der Waals surface area (Å²) in [4.78, 5) is 11.1. The van der Waals surface area contributed by atoms with Crippen LogP contribution < -0.4 is 15.8 Å². The van der Waals surface area contributed by atoms with Crippen LogP contribution in [0.5, 0.6) is 5.88 Å². The Kier molecular flexibility index (Phi) is 4.47. The van der Waals surface area contributed by atoms with Crippen LogP contribution in [0.3, 0.4) is 0 Å². The van der Waals surface area contributed by atoms with Crippen molar-refractivity contribution in [2.75, 3.05) is 11.9 Å². The maximum Gasteiger partial charge on any atom is 0.317 e. The van der Waals surface area contributed by atoms with Crippen LogP contribution in [0, 0.1) is 0 Å². The van der Waals surface area contributed by atoms with Gasteiger partial charge in [-0.3, -0.25) is 5.32 Å². The van der Waals surface area contributed by atoms with Crippen LogP contribution in [0.4, 0.5) is 10.6 Å². The molecule has 2 aromatic rings. The summed E-state index contributed by atoms with van der Waals surface area (Å²) in [5.74, 6) is 0.553. The molecule has 1 aromatic heterocycles.